The molecule has 0 fully saturated rings. The first kappa shape index (κ1) is 12.0. The van der Waals surface area contributed by atoms with E-state index in [1.54, 1.807) is 6.20 Å². The van der Waals surface area contributed by atoms with E-state index in [1.165, 1.54) is 0 Å². The van der Waals surface area contributed by atoms with Crippen LogP contribution in [0.25, 0.3) is 33.3 Å². The van der Waals surface area contributed by atoms with E-state index in [1.807, 2.05) is 36.7 Å². The van der Waals surface area contributed by atoms with Crippen molar-refractivity contribution in [3.63, 3.8) is 0 Å². The summed E-state index contributed by atoms with van der Waals surface area (Å²) in [6, 6.07) is 7.78. The summed E-state index contributed by atoms with van der Waals surface area (Å²) in [5.74, 6) is 0. The van der Waals surface area contributed by atoms with Gasteiger partial charge in [-0.15, -0.1) is 0 Å². The van der Waals surface area contributed by atoms with Crippen molar-refractivity contribution < 1.29 is 0 Å². The summed E-state index contributed by atoms with van der Waals surface area (Å²) in [5, 5.41) is 22.1. The Morgan fingerprint density at radius 1 is 0.905 bits per heavy atom. The van der Waals surface area contributed by atoms with E-state index in [4.69, 9.17) is 12.2 Å². The van der Waals surface area contributed by atoms with Crippen LogP contribution in [0.4, 0.5) is 0 Å². The van der Waals surface area contributed by atoms with Gasteiger partial charge in [-0.2, -0.15) is 15.3 Å². The lowest BCUT2D eigenvalue weighted by Gasteiger charge is -2.05. The normalized spacial score (nSPS) is 11.0. The third kappa shape index (κ3) is 1.95. The molecule has 0 radical (unpaired) electrons. The fourth-order valence-corrected chi connectivity index (χ4v) is 2.51. The molecular formula is C14H10N6S. The molecule has 0 saturated heterocycles. The number of rotatable bonds is 2. The van der Waals surface area contributed by atoms with Gasteiger partial charge >= 0.3 is 0 Å². The smallest absolute Gasteiger partial charge is 0.119 e. The number of aromatic nitrogens is 6. The van der Waals surface area contributed by atoms with Gasteiger partial charge in [0.05, 0.1) is 23.6 Å². The van der Waals surface area contributed by atoms with Crippen molar-refractivity contribution in [2.45, 2.75) is 0 Å². The van der Waals surface area contributed by atoms with Crippen LogP contribution in [0, 0.1) is 4.64 Å². The zero-order valence-corrected chi connectivity index (χ0v) is 11.6. The fourth-order valence-electron chi connectivity index (χ4n) is 2.39. The molecule has 3 N–H and O–H groups in total. The van der Waals surface area contributed by atoms with Gasteiger partial charge < -0.3 is 0 Å². The van der Waals surface area contributed by atoms with Crippen LogP contribution >= 0.6 is 12.2 Å². The van der Waals surface area contributed by atoms with Crippen LogP contribution in [-0.2, 0) is 0 Å². The van der Waals surface area contributed by atoms with Gasteiger partial charge in [-0.1, -0.05) is 18.3 Å². The van der Waals surface area contributed by atoms with E-state index < -0.39 is 0 Å². The Kier molecular flexibility index (Phi) is 2.65. The Hall–Kier alpha value is -2.80. The summed E-state index contributed by atoms with van der Waals surface area (Å²) in [7, 11) is 0. The quantitative estimate of drug-likeness (QED) is 0.496. The number of nitrogens with zero attached hydrogens (tertiary/aromatic N) is 3. The number of benzene rings is 1. The number of hydrogen-bond acceptors (Lipinski definition) is 4. The van der Waals surface area contributed by atoms with Crippen LogP contribution in [0.2, 0.25) is 0 Å². The van der Waals surface area contributed by atoms with E-state index in [0.717, 1.165) is 33.3 Å². The van der Waals surface area contributed by atoms with E-state index >= 15 is 0 Å². The molecule has 21 heavy (non-hydrogen) atoms. The molecular weight excluding hydrogens is 284 g/mol. The molecule has 0 aliphatic carbocycles. The number of H-pyrrole nitrogens is 3. The first-order valence-corrected chi connectivity index (χ1v) is 6.75. The molecule has 0 atom stereocenters. The van der Waals surface area contributed by atoms with Gasteiger partial charge in [0, 0.05) is 22.7 Å². The molecule has 7 heteroatoms. The van der Waals surface area contributed by atoms with Crippen molar-refractivity contribution >= 4 is 23.1 Å². The predicted octanol–water partition coefficient (Wildman–Crippen LogP) is 3.07. The van der Waals surface area contributed by atoms with Crippen molar-refractivity contribution in [3.05, 3.63) is 47.5 Å². The number of aromatic amines is 3. The number of fused-ring (bicyclic) bond motifs is 1. The van der Waals surface area contributed by atoms with Crippen molar-refractivity contribution in [3.8, 4) is 22.4 Å². The standard InChI is InChI=1S/C14H10N6S/c21-13-4-3-12(18-19-13)10-2-1-9(8-5-15-16-6-8)11-7-17-20-14(10)11/h1-7H,(H,15,16)(H,17,20)(H,19,21). The van der Waals surface area contributed by atoms with Gasteiger partial charge in [0.25, 0.3) is 0 Å². The minimum absolute atomic E-state index is 0.606. The molecule has 1 aromatic carbocycles. The SMILES string of the molecule is S=c1ccc(-c2ccc(-c3cn[nH]c3)c3cn[nH]c23)n[nH]1. The molecule has 6 nitrogen and oxygen atoms in total. The second-order valence-electron chi connectivity index (χ2n) is 4.61. The van der Waals surface area contributed by atoms with Crippen LogP contribution in [0.15, 0.2) is 42.9 Å². The van der Waals surface area contributed by atoms with E-state index in [-0.39, 0.29) is 0 Å². The summed E-state index contributed by atoms with van der Waals surface area (Å²) in [4.78, 5) is 0. The van der Waals surface area contributed by atoms with Crippen LogP contribution in [0.5, 0.6) is 0 Å². The largest absolute Gasteiger partial charge is 0.285 e. The molecule has 3 aromatic heterocycles. The summed E-state index contributed by atoms with van der Waals surface area (Å²) < 4.78 is 0.606. The topological polar surface area (TPSA) is 86.0 Å². The van der Waals surface area contributed by atoms with E-state index in [2.05, 4.69) is 30.6 Å². The Labute approximate surface area is 124 Å². The van der Waals surface area contributed by atoms with Crippen LogP contribution in [0.1, 0.15) is 0 Å². The van der Waals surface area contributed by atoms with Crippen LogP contribution < -0.4 is 0 Å². The monoisotopic (exact) mass is 294 g/mol. The predicted molar refractivity (Wildman–Crippen MR) is 82.1 cm³/mol. The van der Waals surface area contributed by atoms with Gasteiger partial charge in [-0.3, -0.25) is 15.3 Å². The molecule has 0 spiro atoms. The van der Waals surface area contributed by atoms with Crippen molar-refractivity contribution in [1.82, 2.24) is 30.6 Å². The Bertz CT molecular complexity index is 946. The highest BCUT2D eigenvalue weighted by atomic mass is 32.1. The van der Waals surface area contributed by atoms with Crippen LogP contribution in [-0.4, -0.2) is 30.6 Å². The van der Waals surface area contributed by atoms with E-state index in [9.17, 15) is 0 Å². The van der Waals surface area contributed by atoms with E-state index in [0.29, 0.717) is 4.64 Å². The second-order valence-corrected chi connectivity index (χ2v) is 5.05. The van der Waals surface area contributed by atoms with Gasteiger partial charge in [-0.25, -0.2) is 0 Å². The summed E-state index contributed by atoms with van der Waals surface area (Å²) in [6.07, 6.45) is 5.46. The third-order valence-electron chi connectivity index (χ3n) is 3.38. The molecule has 0 aliphatic rings. The molecule has 0 bridgehead atoms. The minimum Gasteiger partial charge on any atom is -0.285 e. The van der Waals surface area contributed by atoms with Crippen molar-refractivity contribution in [1.29, 1.82) is 0 Å². The second kappa shape index (κ2) is 4.64. The van der Waals surface area contributed by atoms with Gasteiger partial charge in [0.1, 0.15) is 4.64 Å². The average Bonchev–Trinajstić information content (AvgIpc) is 3.19. The maximum Gasteiger partial charge on any atom is 0.119 e. The molecule has 0 amide bonds. The van der Waals surface area contributed by atoms with Crippen LogP contribution in [0.3, 0.4) is 0 Å². The molecule has 102 valence electrons. The summed E-state index contributed by atoms with van der Waals surface area (Å²) >= 11 is 5.03. The highest BCUT2D eigenvalue weighted by Gasteiger charge is 2.12. The Morgan fingerprint density at radius 3 is 2.57 bits per heavy atom. The maximum atomic E-state index is 5.03. The average molecular weight is 294 g/mol. The maximum absolute atomic E-state index is 5.03. The zero-order valence-electron chi connectivity index (χ0n) is 10.8. The lowest BCUT2D eigenvalue weighted by Crippen LogP contribution is -1.89. The van der Waals surface area contributed by atoms with Crippen molar-refractivity contribution in [2.24, 2.45) is 0 Å². The molecule has 4 aromatic rings. The molecule has 0 aliphatic heterocycles. The van der Waals surface area contributed by atoms with Gasteiger partial charge in [-0.05, 0) is 23.8 Å². The highest BCUT2D eigenvalue weighted by molar-refractivity contribution is 7.71. The summed E-state index contributed by atoms with van der Waals surface area (Å²) in [5.41, 5.74) is 4.82. The van der Waals surface area contributed by atoms with Gasteiger partial charge in [0.15, 0.2) is 0 Å². The number of nitrogens with one attached hydrogen (secondary N) is 3. The summed E-state index contributed by atoms with van der Waals surface area (Å²) in [6.45, 7) is 0. The Morgan fingerprint density at radius 2 is 1.81 bits per heavy atom. The van der Waals surface area contributed by atoms with Crippen molar-refractivity contribution in [2.75, 3.05) is 0 Å². The lowest BCUT2D eigenvalue weighted by molar-refractivity contribution is 1.02. The highest BCUT2D eigenvalue weighted by Crippen LogP contribution is 2.32. The molecule has 4 rings (SSSR count). The molecule has 0 saturated carbocycles. The van der Waals surface area contributed by atoms with Gasteiger partial charge in [0.2, 0.25) is 0 Å². The lowest BCUT2D eigenvalue weighted by atomic mass is 10.0. The molecule has 3 heterocycles. The fraction of sp³-hybridized carbons (Fsp3) is 0. The zero-order chi connectivity index (χ0) is 14.2. The Balaban J connectivity index is 1.97. The number of hydrogen-bond donors (Lipinski definition) is 3. The third-order valence-corrected chi connectivity index (χ3v) is 3.61. The first-order chi connectivity index (χ1) is 10.3. The first-order valence-electron chi connectivity index (χ1n) is 6.34. The molecule has 0 unspecified atom stereocenters. The minimum atomic E-state index is 0.606.